The van der Waals surface area contributed by atoms with Gasteiger partial charge in [-0.25, -0.2) is 9.97 Å². The maximum atomic E-state index is 12.5. The molecule has 1 saturated carbocycles. The summed E-state index contributed by atoms with van der Waals surface area (Å²) in [7, 11) is 4.19. The summed E-state index contributed by atoms with van der Waals surface area (Å²) in [5.74, 6) is 1.44. The third kappa shape index (κ3) is 4.56. The Bertz CT molecular complexity index is 1370. The maximum absolute atomic E-state index is 12.5. The van der Waals surface area contributed by atoms with E-state index in [1.807, 2.05) is 17.7 Å². The highest BCUT2D eigenvalue weighted by molar-refractivity contribution is 7.15. The maximum Gasteiger partial charge on any atom is 0.252 e. The number of aryl methyl sites for hydroxylation is 1. The van der Waals surface area contributed by atoms with Crippen LogP contribution in [0.15, 0.2) is 53.5 Å². The van der Waals surface area contributed by atoms with Crippen LogP contribution in [0.5, 0.6) is 0 Å². The van der Waals surface area contributed by atoms with Crippen LogP contribution in [0, 0.1) is 6.92 Å². The van der Waals surface area contributed by atoms with Gasteiger partial charge in [0.2, 0.25) is 0 Å². The van der Waals surface area contributed by atoms with Gasteiger partial charge in [-0.05, 0) is 64.0 Å². The van der Waals surface area contributed by atoms with E-state index in [4.69, 9.17) is 4.98 Å². The van der Waals surface area contributed by atoms with Gasteiger partial charge in [-0.15, -0.1) is 11.3 Å². The average Bonchev–Trinajstić information content (AvgIpc) is 3.48. The van der Waals surface area contributed by atoms with Gasteiger partial charge in [0, 0.05) is 34.6 Å². The normalized spacial score (nSPS) is 14.7. The Morgan fingerprint density at radius 2 is 1.97 bits per heavy atom. The van der Waals surface area contributed by atoms with E-state index in [0.29, 0.717) is 17.4 Å². The van der Waals surface area contributed by atoms with Gasteiger partial charge in [0.05, 0.1) is 16.9 Å². The monoisotopic (exact) mass is 459 g/mol. The van der Waals surface area contributed by atoms with Crippen molar-refractivity contribution in [1.29, 1.82) is 0 Å². The molecule has 0 amide bonds. The molecule has 1 atom stereocenters. The summed E-state index contributed by atoms with van der Waals surface area (Å²) in [6.07, 6.45) is 4.05. The molecule has 0 bridgehead atoms. The second kappa shape index (κ2) is 8.72. The molecule has 5 rings (SSSR count). The van der Waals surface area contributed by atoms with Gasteiger partial charge in [-0.1, -0.05) is 24.3 Å². The van der Waals surface area contributed by atoms with Gasteiger partial charge in [0.1, 0.15) is 11.6 Å². The lowest BCUT2D eigenvalue weighted by molar-refractivity contribution is 0.403. The number of fused-ring (bicyclic) bond motifs is 1. The summed E-state index contributed by atoms with van der Waals surface area (Å²) in [5, 5.41) is 4.49. The molecule has 6 nitrogen and oxygen atoms in total. The number of hydrogen-bond acceptors (Lipinski definition) is 6. The van der Waals surface area contributed by atoms with Crippen LogP contribution in [0.3, 0.4) is 0 Å². The van der Waals surface area contributed by atoms with Crippen molar-refractivity contribution in [2.24, 2.45) is 0 Å². The van der Waals surface area contributed by atoms with Crippen LogP contribution >= 0.6 is 11.3 Å². The predicted octanol–water partition coefficient (Wildman–Crippen LogP) is 5.40. The van der Waals surface area contributed by atoms with Crippen LogP contribution in [0.1, 0.15) is 48.1 Å². The van der Waals surface area contributed by atoms with E-state index in [1.165, 1.54) is 20.9 Å². The van der Waals surface area contributed by atoms with Crippen molar-refractivity contribution in [2.75, 3.05) is 19.4 Å². The third-order valence-electron chi connectivity index (χ3n) is 5.99. The molecule has 7 heteroatoms. The molecule has 170 valence electrons. The Morgan fingerprint density at radius 1 is 1.18 bits per heavy atom. The highest BCUT2D eigenvalue weighted by atomic mass is 32.1. The number of pyridine rings is 1. The molecule has 4 aromatic rings. The van der Waals surface area contributed by atoms with Gasteiger partial charge in [-0.2, -0.15) is 0 Å². The summed E-state index contributed by atoms with van der Waals surface area (Å²) in [6, 6.07) is 15.0. The van der Waals surface area contributed by atoms with Crippen molar-refractivity contribution in [1.82, 2.24) is 19.4 Å². The quantitative estimate of drug-likeness (QED) is 0.401. The van der Waals surface area contributed by atoms with Gasteiger partial charge in [0.15, 0.2) is 0 Å². The molecule has 3 heterocycles. The van der Waals surface area contributed by atoms with Crippen molar-refractivity contribution in [2.45, 2.75) is 45.3 Å². The first-order valence-corrected chi connectivity index (χ1v) is 12.2. The number of anilines is 1. The molecule has 1 fully saturated rings. The summed E-state index contributed by atoms with van der Waals surface area (Å²) in [5.41, 5.74) is 3.32. The van der Waals surface area contributed by atoms with Crippen LogP contribution in [0.2, 0.25) is 0 Å². The average molecular weight is 460 g/mol. The van der Waals surface area contributed by atoms with Crippen LogP contribution < -0.4 is 10.9 Å². The van der Waals surface area contributed by atoms with E-state index in [0.717, 1.165) is 30.6 Å². The predicted molar refractivity (Wildman–Crippen MR) is 136 cm³/mol. The summed E-state index contributed by atoms with van der Waals surface area (Å²) in [4.78, 5) is 26.4. The Balaban J connectivity index is 1.45. The molecule has 3 aromatic heterocycles. The minimum absolute atomic E-state index is 0.0152. The number of aromatic nitrogens is 3. The van der Waals surface area contributed by atoms with Crippen molar-refractivity contribution in [3.63, 3.8) is 0 Å². The summed E-state index contributed by atoms with van der Waals surface area (Å²) >= 11 is 1.81. The first kappa shape index (κ1) is 21.8. The smallest absolute Gasteiger partial charge is 0.252 e. The molecule has 1 aromatic carbocycles. The molecule has 1 unspecified atom stereocenters. The fraction of sp³-hybridized carbons (Fsp3) is 0.346. The summed E-state index contributed by atoms with van der Waals surface area (Å²) in [6.45, 7) is 4.93. The van der Waals surface area contributed by atoms with Gasteiger partial charge in [-0.3, -0.25) is 4.79 Å². The zero-order valence-electron chi connectivity index (χ0n) is 19.5. The van der Waals surface area contributed by atoms with Crippen LogP contribution in [0.25, 0.3) is 21.3 Å². The molecule has 0 aliphatic heterocycles. The van der Waals surface area contributed by atoms with E-state index in [2.05, 4.69) is 72.6 Å². The standard InChI is InChI=1S/C26H29N5OS/c1-16(23-11-12-24(33-23)20-8-6-5-7-18(20)14-30(3)4)27-26-21-15-31(19-9-10-19)25(32)13-22(21)28-17(2)29-26/h5-8,11-13,15-16,19H,9-10,14H2,1-4H3,(H,27,28,29). The summed E-state index contributed by atoms with van der Waals surface area (Å²) < 4.78 is 1.84. The van der Waals surface area contributed by atoms with E-state index >= 15 is 0 Å². The lowest BCUT2D eigenvalue weighted by Gasteiger charge is -2.16. The molecular weight excluding hydrogens is 430 g/mol. The van der Waals surface area contributed by atoms with E-state index in [9.17, 15) is 4.79 Å². The van der Waals surface area contributed by atoms with Gasteiger partial charge >= 0.3 is 0 Å². The Hall–Kier alpha value is -3.03. The molecule has 0 saturated heterocycles. The van der Waals surface area contributed by atoms with E-state index in [-0.39, 0.29) is 11.6 Å². The van der Waals surface area contributed by atoms with Crippen molar-refractivity contribution in [3.05, 3.63) is 75.3 Å². The first-order valence-electron chi connectivity index (χ1n) is 11.4. The number of thiophene rings is 1. The Morgan fingerprint density at radius 3 is 2.73 bits per heavy atom. The number of nitrogens with zero attached hydrogens (tertiary/aromatic N) is 4. The van der Waals surface area contributed by atoms with Crippen molar-refractivity contribution in [3.8, 4) is 10.4 Å². The van der Waals surface area contributed by atoms with Crippen molar-refractivity contribution >= 4 is 28.1 Å². The Labute approximate surface area is 197 Å². The fourth-order valence-electron chi connectivity index (χ4n) is 4.23. The lowest BCUT2D eigenvalue weighted by atomic mass is 10.1. The lowest BCUT2D eigenvalue weighted by Crippen LogP contribution is -2.18. The van der Waals surface area contributed by atoms with Gasteiger partial charge < -0.3 is 14.8 Å². The van der Waals surface area contributed by atoms with Crippen LogP contribution in [0.4, 0.5) is 5.82 Å². The Kier molecular flexibility index (Phi) is 5.76. The number of rotatable bonds is 7. The topological polar surface area (TPSA) is 63.1 Å². The van der Waals surface area contributed by atoms with E-state index in [1.54, 1.807) is 17.4 Å². The minimum atomic E-state index is 0.0152. The van der Waals surface area contributed by atoms with Crippen LogP contribution in [-0.4, -0.2) is 33.5 Å². The molecule has 0 radical (unpaired) electrons. The largest absolute Gasteiger partial charge is 0.362 e. The molecule has 33 heavy (non-hydrogen) atoms. The third-order valence-corrected chi connectivity index (χ3v) is 7.29. The van der Waals surface area contributed by atoms with Gasteiger partial charge in [0.25, 0.3) is 5.56 Å². The highest BCUT2D eigenvalue weighted by Gasteiger charge is 2.25. The molecule has 1 aliphatic carbocycles. The molecule has 1 aliphatic rings. The number of hydrogen-bond donors (Lipinski definition) is 1. The van der Waals surface area contributed by atoms with Crippen LogP contribution in [-0.2, 0) is 6.54 Å². The molecular formula is C26H29N5OS. The SMILES string of the molecule is Cc1nc(NC(C)c2ccc(-c3ccccc3CN(C)C)s2)c2cn(C3CC3)c(=O)cc2n1. The first-order chi connectivity index (χ1) is 15.9. The fourth-order valence-corrected chi connectivity index (χ4v) is 5.30. The van der Waals surface area contributed by atoms with E-state index < -0.39 is 0 Å². The molecule has 0 spiro atoms. The second-order valence-electron chi connectivity index (χ2n) is 9.13. The second-order valence-corrected chi connectivity index (χ2v) is 10.2. The number of benzene rings is 1. The van der Waals surface area contributed by atoms with Crippen molar-refractivity contribution < 1.29 is 0 Å². The zero-order chi connectivity index (χ0) is 23.1. The minimum Gasteiger partial charge on any atom is -0.362 e. The highest BCUT2D eigenvalue weighted by Crippen LogP contribution is 2.36. The number of nitrogens with one attached hydrogen (secondary N) is 1. The molecule has 1 N–H and O–H groups in total. The zero-order valence-corrected chi connectivity index (χ0v) is 20.3.